The second-order valence-electron chi connectivity index (χ2n) is 5.38. The van der Waals surface area contributed by atoms with Crippen LogP contribution in [0.4, 0.5) is 0 Å². The van der Waals surface area contributed by atoms with Crippen LogP contribution in [0.2, 0.25) is 0 Å². The van der Waals surface area contributed by atoms with E-state index in [0.29, 0.717) is 6.04 Å². The summed E-state index contributed by atoms with van der Waals surface area (Å²) in [5, 5.41) is 4.80. The number of rotatable bonds is 1. The van der Waals surface area contributed by atoms with Crippen LogP contribution in [0.5, 0.6) is 0 Å². The van der Waals surface area contributed by atoms with E-state index in [9.17, 15) is 0 Å². The highest BCUT2D eigenvalue weighted by Crippen LogP contribution is 2.39. The van der Waals surface area contributed by atoms with Crippen LogP contribution in [0, 0.1) is 25.7 Å². The lowest BCUT2D eigenvalue weighted by atomic mass is 9.79. The maximum absolute atomic E-state index is 6.50. The second-order valence-corrected chi connectivity index (χ2v) is 5.94. The first-order valence-corrected chi connectivity index (χ1v) is 6.59. The largest absolute Gasteiger partial charge is 0.265 e. The van der Waals surface area contributed by atoms with Crippen molar-refractivity contribution >= 4 is 11.6 Å². The van der Waals surface area contributed by atoms with Gasteiger partial charge in [-0.05, 0) is 44.6 Å². The summed E-state index contributed by atoms with van der Waals surface area (Å²) < 4.78 is 2.13. The van der Waals surface area contributed by atoms with Gasteiger partial charge in [0.2, 0.25) is 0 Å². The fourth-order valence-electron chi connectivity index (χ4n) is 2.74. The predicted octanol–water partition coefficient (Wildman–Crippen LogP) is 3.71. The molecule has 0 bridgehead atoms. The van der Waals surface area contributed by atoms with Crippen molar-refractivity contribution in [2.24, 2.45) is 11.8 Å². The Balaban J connectivity index is 2.23. The molecule has 0 saturated heterocycles. The fraction of sp³-hybridized carbons (Fsp3) is 0.769. The third-order valence-corrected chi connectivity index (χ3v) is 4.43. The molecule has 1 aromatic rings. The standard InChI is InChI=1S/C13H21ClN2/c1-8-5-12(14)13(6-9(8)2)16-11(4)7-10(3)15-16/h7-9,12-13H,5-6H2,1-4H3/t8-,9?,12?,13?/m1/s1. The molecule has 2 nitrogen and oxygen atoms in total. The van der Waals surface area contributed by atoms with Gasteiger partial charge >= 0.3 is 0 Å². The molecule has 2 rings (SSSR count). The van der Waals surface area contributed by atoms with Gasteiger partial charge in [0.25, 0.3) is 0 Å². The lowest BCUT2D eigenvalue weighted by Crippen LogP contribution is -2.33. The molecule has 0 aromatic carbocycles. The SMILES string of the molecule is Cc1cc(C)n(C2CC(C)[C@H](C)CC2Cl)n1. The summed E-state index contributed by atoms with van der Waals surface area (Å²) in [6.45, 7) is 8.79. The summed E-state index contributed by atoms with van der Waals surface area (Å²) in [5.41, 5.74) is 2.32. The predicted molar refractivity (Wildman–Crippen MR) is 67.9 cm³/mol. The van der Waals surface area contributed by atoms with E-state index in [4.69, 9.17) is 11.6 Å². The molecule has 16 heavy (non-hydrogen) atoms. The highest BCUT2D eigenvalue weighted by atomic mass is 35.5. The molecule has 0 radical (unpaired) electrons. The van der Waals surface area contributed by atoms with Crippen LogP contribution in [0.3, 0.4) is 0 Å². The molecule has 1 aliphatic rings. The smallest absolute Gasteiger partial charge is 0.0688 e. The maximum atomic E-state index is 6.50. The molecule has 1 heterocycles. The van der Waals surface area contributed by atoms with E-state index in [1.54, 1.807) is 0 Å². The molecule has 0 N–H and O–H groups in total. The Bertz CT molecular complexity index is 372. The van der Waals surface area contributed by atoms with E-state index in [2.05, 4.69) is 36.6 Å². The van der Waals surface area contributed by atoms with Crippen LogP contribution in [0.1, 0.15) is 44.1 Å². The Morgan fingerprint density at radius 3 is 2.44 bits per heavy atom. The van der Waals surface area contributed by atoms with Crippen LogP contribution < -0.4 is 0 Å². The molecule has 0 spiro atoms. The maximum Gasteiger partial charge on any atom is 0.0688 e. The van der Waals surface area contributed by atoms with Crippen LogP contribution in [0.15, 0.2) is 6.07 Å². The molecule has 90 valence electrons. The Kier molecular flexibility index (Phi) is 3.29. The highest BCUT2D eigenvalue weighted by Gasteiger charge is 2.33. The monoisotopic (exact) mass is 240 g/mol. The van der Waals surface area contributed by atoms with E-state index < -0.39 is 0 Å². The number of alkyl halides is 1. The second kappa shape index (κ2) is 4.40. The van der Waals surface area contributed by atoms with Crippen molar-refractivity contribution in [1.29, 1.82) is 0 Å². The Labute approximate surface area is 103 Å². The molecule has 0 aliphatic heterocycles. The van der Waals surface area contributed by atoms with Crippen molar-refractivity contribution < 1.29 is 0 Å². The number of aromatic nitrogens is 2. The number of aryl methyl sites for hydroxylation is 2. The van der Waals surface area contributed by atoms with Crippen LogP contribution in [-0.2, 0) is 0 Å². The lowest BCUT2D eigenvalue weighted by molar-refractivity contribution is 0.203. The van der Waals surface area contributed by atoms with Crippen molar-refractivity contribution in [2.45, 2.75) is 52.0 Å². The van der Waals surface area contributed by atoms with E-state index in [0.717, 1.165) is 30.4 Å². The van der Waals surface area contributed by atoms with Crippen molar-refractivity contribution in [2.75, 3.05) is 0 Å². The van der Waals surface area contributed by atoms with Gasteiger partial charge < -0.3 is 0 Å². The van der Waals surface area contributed by atoms with Gasteiger partial charge in [-0.25, -0.2) is 0 Å². The summed E-state index contributed by atoms with van der Waals surface area (Å²) in [6.07, 6.45) is 2.25. The molecular formula is C13H21ClN2. The van der Waals surface area contributed by atoms with Gasteiger partial charge in [0, 0.05) is 5.69 Å². The zero-order valence-corrected chi connectivity index (χ0v) is 11.3. The van der Waals surface area contributed by atoms with Gasteiger partial charge in [-0.3, -0.25) is 4.68 Å². The number of hydrogen-bond donors (Lipinski definition) is 0. The Hall–Kier alpha value is -0.500. The molecule has 1 fully saturated rings. The average Bonchev–Trinajstić information content (AvgIpc) is 2.51. The van der Waals surface area contributed by atoms with E-state index >= 15 is 0 Å². The van der Waals surface area contributed by atoms with Gasteiger partial charge in [-0.1, -0.05) is 13.8 Å². The minimum absolute atomic E-state index is 0.226. The zero-order valence-electron chi connectivity index (χ0n) is 10.6. The molecule has 3 heteroatoms. The van der Waals surface area contributed by atoms with Crippen LogP contribution in [0.25, 0.3) is 0 Å². The summed E-state index contributed by atoms with van der Waals surface area (Å²) in [5.74, 6) is 1.47. The summed E-state index contributed by atoms with van der Waals surface area (Å²) in [4.78, 5) is 0. The van der Waals surface area contributed by atoms with Crippen molar-refractivity contribution in [3.05, 3.63) is 17.5 Å². The highest BCUT2D eigenvalue weighted by molar-refractivity contribution is 6.21. The summed E-state index contributed by atoms with van der Waals surface area (Å²) in [6, 6.07) is 2.51. The zero-order chi connectivity index (χ0) is 11.9. The Morgan fingerprint density at radius 1 is 1.25 bits per heavy atom. The minimum Gasteiger partial charge on any atom is -0.265 e. The van der Waals surface area contributed by atoms with E-state index in [1.807, 2.05) is 6.92 Å². The number of nitrogens with zero attached hydrogens (tertiary/aromatic N) is 2. The molecule has 1 aliphatic carbocycles. The molecular weight excluding hydrogens is 220 g/mol. The quantitative estimate of drug-likeness (QED) is 0.685. The third-order valence-electron chi connectivity index (χ3n) is 3.96. The van der Waals surface area contributed by atoms with Gasteiger partial charge in [0.15, 0.2) is 0 Å². The summed E-state index contributed by atoms with van der Waals surface area (Å²) in [7, 11) is 0. The molecule has 0 amide bonds. The lowest BCUT2D eigenvalue weighted by Gasteiger charge is -2.36. The summed E-state index contributed by atoms with van der Waals surface area (Å²) >= 11 is 6.50. The van der Waals surface area contributed by atoms with E-state index in [1.165, 1.54) is 5.69 Å². The van der Waals surface area contributed by atoms with Gasteiger partial charge in [0.1, 0.15) is 0 Å². The minimum atomic E-state index is 0.226. The normalized spacial score (nSPS) is 35.3. The first-order valence-electron chi connectivity index (χ1n) is 6.16. The van der Waals surface area contributed by atoms with Gasteiger partial charge in [0.05, 0.1) is 17.1 Å². The van der Waals surface area contributed by atoms with Gasteiger partial charge in [-0.15, -0.1) is 11.6 Å². The van der Waals surface area contributed by atoms with Crippen molar-refractivity contribution in [3.8, 4) is 0 Å². The van der Waals surface area contributed by atoms with Gasteiger partial charge in [-0.2, -0.15) is 5.10 Å². The fourth-order valence-corrected chi connectivity index (χ4v) is 3.23. The van der Waals surface area contributed by atoms with Crippen LogP contribution in [-0.4, -0.2) is 15.2 Å². The molecule has 1 saturated carbocycles. The molecule has 1 aromatic heterocycles. The molecule has 3 unspecified atom stereocenters. The first kappa shape index (κ1) is 12.0. The van der Waals surface area contributed by atoms with E-state index in [-0.39, 0.29) is 5.38 Å². The van der Waals surface area contributed by atoms with Crippen molar-refractivity contribution in [1.82, 2.24) is 9.78 Å². The molecule has 4 atom stereocenters. The average molecular weight is 241 g/mol. The Morgan fingerprint density at radius 2 is 1.88 bits per heavy atom. The number of hydrogen-bond acceptors (Lipinski definition) is 1. The topological polar surface area (TPSA) is 17.8 Å². The van der Waals surface area contributed by atoms with Crippen molar-refractivity contribution in [3.63, 3.8) is 0 Å². The number of halogens is 1. The first-order chi connectivity index (χ1) is 7.49. The van der Waals surface area contributed by atoms with Crippen LogP contribution >= 0.6 is 11.6 Å². The third kappa shape index (κ3) is 2.13.